The SMILES string of the molecule is CCCCCc1ccc(-c2cc3ccc(OC(C)(C)CC(C)(C)O)cc3o2)s1. The third-order valence-corrected chi connectivity index (χ3v) is 5.83. The Bertz CT molecular complexity index is 911. The molecule has 1 aromatic carbocycles. The fourth-order valence-electron chi connectivity index (χ4n) is 3.79. The molecular weight excluding hydrogens is 368 g/mol. The molecule has 0 aliphatic rings. The van der Waals surface area contributed by atoms with Crippen LogP contribution in [0.15, 0.2) is 40.8 Å². The first-order valence-electron chi connectivity index (χ1n) is 10.2. The first kappa shape index (κ1) is 20.9. The fraction of sp³-hybridized carbons (Fsp3) is 0.500. The molecule has 0 amide bonds. The average Bonchev–Trinajstić information content (AvgIpc) is 3.18. The number of aryl methyl sites for hydroxylation is 1. The van der Waals surface area contributed by atoms with Crippen LogP contribution in [-0.4, -0.2) is 16.3 Å². The van der Waals surface area contributed by atoms with Gasteiger partial charge in [0.2, 0.25) is 0 Å². The van der Waals surface area contributed by atoms with E-state index in [0.717, 1.165) is 28.9 Å². The fourth-order valence-corrected chi connectivity index (χ4v) is 4.79. The zero-order valence-corrected chi connectivity index (χ0v) is 18.5. The van der Waals surface area contributed by atoms with E-state index in [2.05, 4.69) is 25.1 Å². The molecule has 0 saturated heterocycles. The lowest BCUT2D eigenvalue weighted by atomic mass is 9.92. The number of benzene rings is 1. The minimum atomic E-state index is -0.778. The first-order chi connectivity index (χ1) is 13.1. The summed E-state index contributed by atoms with van der Waals surface area (Å²) in [6.45, 7) is 9.83. The predicted molar refractivity (Wildman–Crippen MR) is 118 cm³/mol. The Morgan fingerprint density at radius 2 is 1.82 bits per heavy atom. The zero-order valence-electron chi connectivity index (χ0n) is 17.7. The molecule has 0 fully saturated rings. The molecule has 0 radical (unpaired) electrons. The molecule has 3 aromatic rings. The Morgan fingerprint density at radius 3 is 2.54 bits per heavy atom. The molecule has 3 nitrogen and oxygen atoms in total. The third kappa shape index (κ3) is 5.62. The average molecular weight is 401 g/mol. The van der Waals surface area contributed by atoms with E-state index >= 15 is 0 Å². The minimum Gasteiger partial charge on any atom is -0.488 e. The maximum absolute atomic E-state index is 10.1. The lowest BCUT2D eigenvalue weighted by Gasteiger charge is -2.32. The molecule has 0 bridgehead atoms. The van der Waals surface area contributed by atoms with Crippen LogP contribution in [0.3, 0.4) is 0 Å². The molecule has 28 heavy (non-hydrogen) atoms. The molecule has 1 N–H and O–H groups in total. The van der Waals surface area contributed by atoms with E-state index in [0.29, 0.717) is 6.42 Å². The summed E-state index contributed by atoms with van der Waals surface area (Å²) >= 11 is 1.82. The Hall–Kier alpha value is -1.78. The van der Waals surface area contributed by atoms with Gasteiger partial charge in [-0.1, -0.05) is 19.8 Å². The van der Waals surface area contributed by atoms with Gasteiger partial charge in [-0.3, -0.25) is 0 Å². The molecule has 0 atom stereocenters. The summed E-state index contributed by atoms with van der Waals surface area (Å²) in [7, 11) is 0. The lowest BCUT2D eigenvalue weighted by Crippen LogP contribution is -2.37. The van der Waals surface area contributed by atoms with Crippen LogP contribution in [-0.2, 0) is 6.42 Å². The largest absolute Gasteiger partial charge is 0.488 e. The monoisotopic (exact) mass is 400 g/mol. The van der Waals surface area contributed by atoms with Crippen LogP contribution in [0.1, 0.15) is 65.2 Å². The van der Waals surface area contributed by atoms with Crippen LogP contribution in [0.4, 0.5) is 0 Å². The Balaban J connectivity index is 1.76. The maximum Gasteiger partial charge on any atom is 0.145 e. The van der Waals surface area contributed by atoms with E-state index in [9.17, 15) is 5.11 Å². The van der Waals surface area contributed by atoms with Crippen molar-refractivity contribution in [2.75, 3.05) is 0 Å². The van der Waals surface area contributed by atoms with E-state index in [-0.39, 0.29) is 0 Å². The molecule has 2 heterocycles. The minimum absolute atomic E-state index is 0.470. The lowest BCUT2D eigenvalue weighted by molar-refractivity contribution is -0.0106. The van der Waals surface area contributed by atoms with Gasteiger partial charge in [0.25, 0.3) is 0 Å². The van der Waals surface area contributed by atoms with Crippen LogP contribution in [0, 0.1) is 0 Å². The van der Waals surface area contributed by atoms with Gasteiger partial charge in [-0.2, -0.15) is 0 Å². The quantitative estimate of drug-likeness (QED) is 0.386. The predicted octanol–water partition coefficient (Wildman–Crippen LogP) is 7.21. The summed E-state index contributed by atoms with van der Waals surface area (Å²) in [5, 5.41) is 11.2. The number of rotatable bonds is 9. The molecule has 2 aromatic heterocycles. The van der Waals surface area contributed by atoms with Crippen molar-refractivity contribution < 1.29 is 14.3 Å². The van der Waals surface area contributed by atoms with Gasteiger partial charge < -0.3 is 14.3 Å². The van der Waals surface area contributed by atoms with Gasteiger partial charge >= 0.3 is 0 Å². The second kappa shape index (κ2) is 8.30. The second-order valence-corrected chi connectivity index (χ2v) is 10.1. The standard InChI is InChI=1S/C24H32O3S/c1-6-7-8-9-19-12-13-22(28-19)21-14-17-10-11-18(15-20(17)26-21)27-24(4,5)16-23(2,3)25/h10-15,25H,6-9,16H2,1-5H3. The van der Waals surface area contributed by atoms with Crippen molar-refractivity contribution in [2.45, 2.75) is 77.9 Å². The summed E-state index contributed by atoms with van der Waals surface area (Å²) in [4.78, 5) is 2.59. The molecule has 0 unspecified atom stereocenters. The van der Waals surface area contributed by atoms with Gasteiger partial charge in [-0.05, 0) is 70.9 Å². The van der Waals surface area contributed by atoms with Gasteiger partial charge in [0, 0.05) is 22.8 Å². The van der Waals surface area contributed by atoms with Crippen LogP contribution in [0.5, 0.6) is 5.75 Å². The number of furan rings is 1. The van der Waals surface area contributed by atoms with E-state index in [1.807, 2.05) is 43.4 Å². The highest BCUT2D eigenvalue weighted by molar-refractivity contribution is 7.15. The summed E-state index contributed by atoms with van der Waals surface area (Å²) in [5.74, 6) is 1.67. The third-order valence-electron chi connectivity index (χ3n) is 4.68. The van der Waals surface area contributed by atoms with Gasteiger partial charge in [0.15, 0.2) is 0 Å². The number of hydrogen-bond donors (Lipinski definition) is 1. The summed E-state index contributed by atoms with van der Waals surface area (Å²) in [6, 6.07) is 12.4. The van der Waals surface area contributed by atoms with Crippen molar-refractivity contribution in [1.29, 1.82) is 0 Å². The van der Waals surface area contributed by atoms with Crippen molar-refractivity contribution >= 4 is 22.3 Å². The molecule has 152 valence electrons. The van der Waals surface area contributed by atoms with E-state index < -0.39 is 11.2 Å². The van der Waals surface area contributed by atoms with Crippen molar-refractivity contribution in [2.24, 2.45) is 0 Å². The summed E-state index contributed by atoms with van der Waals surface area (Å²) < 4.78 is 12.3. The zero-order chi connectivity index (χ0) is 20.4. The Morgan fingerprint density at radius 1 is 1.04 bits per heavy atom. The molecule has 0 aliphatic carbocycles. The van der Waals surface area contributed by atoms with E-state index in [1.54, 1.807) is 13.8 Å². The Labute approximate surface area is 172 Å². The van der Waals surface area contributed by atoms with Crippen LogP contribution >= 0.6 is 11.3 Å². The Kier molecular flexibility index (Phi) is 6.21. The van der Waals surface area contributed by atoms with Crippen molar-refractivity contribution in [3.05, 3.63) is 41.3 Å². The number of unbranched alkanes of at least 4 members (excludes halogenated alkanes) is 2. The van der Waals surface area contributed by atoms with E-state index in [1.165, 1.54) is 29.0 Å². The highest BCUT2D eigenvalue weighted by Crippen LogP contribution is 2.35. The molecule has 0 aliphatic heterocycles. The first-order valence-corrected chi connectivity index (χ1v) is 11.0. The molecule has 3 rings (SSSR count). The maximum atomic E-state index is 10.1. The number of hydrogen-bond acceptors (Lipinski definition) is 4. The number of aliphatic hydroxyl groups is 1. The van der Waals surface area contributed by atoms with Crippen LogP contribution in [0.2, 0.25) is 0 Å². The normalized spacial score (nSPS) is 12.6. The molecule has 0 saturated carbocycles. The highest BCUT2D eigenvalue weighted by Gasteiger charge is 2.28. The molecular formula is C24H32O3S. The van der Waals surface area contributed by atoms with Crippen molar-refractivity contribution in [3.63, 3.8) is 0 Å². The number of ether oxygens (including phenoxy) is 1. The van der Waals surface area contributed by atoms with E-state index in [4.69, 9.17) is 9.15 Å². The molecule has 4 heteroatoms. The van der Waals surface area contributed by atoms with Crippen LogP contribution < -0.4 is 4.74 Å². The summed E-state index contributed by atoms with van der Waals surface area (Å²) in [5.41, 5.74) is -0.422. The topological polar surface area (TPSA) is 42.6 Å². The van der Waals surface area contributed by atoms with Crippen LogP contribution in [0.25, 0.3) is 21.6 Å². The van der Waals surface area contributed by atoms with Gasteiger partial charge in [0.05, 0.1) is 10.5 Å². The van der Waals surface area contributed by atoms with Gasteiger partial charge in [-0.25, -0.2) is 0 Å². The summed E-state index contributed by atoms with van der Waals surface area (Å²) in [6.07, 6.45) is 5.46. The number of fused-ring (bicyclic) bond motifs is 1. The van der Waals surface area contributed by atoms with Gasteiger partial charge in [0.1, 0.15) is 22.7 Å². The highest BCUT2D eigenvalue weighted by atomic mass is 32.1. The van der Waals surface area contributed by atoms with Gasteiger partial charge in [-0.15, -0.1) is 11.3 Å². The molecule has 0 spiro atoms. The second-order valence-electron chi connectivity index (χ2n) is 8.88. The smallest absolute Gasteiger partial charge is 0.145 e. The number of thiophene rings is 1. The van der Waals surface area contributed by atoms with Crippen molar-refractivity contribution in [3.8, 4) is 16.4 Å². The van der Waals surface area contributed by atoms with Crippen molar-refractivity contribution in [1.82, 2.24) is 0 Å².